The van der Waals surface area contributed by atoms with Crippen molar-refractivity contribution in [3.05, 3.63) is 65.5 Å². The molecule has 1 heterocycles. The molecule has 0 unspecified atom stereocenters. The Bertz CT molecular complexity index is 711. The van der Waals surface area contributed by atoms with Crippen LogP contribution in [0, 0.1) is 0 Å². The first-order chi connectivity index (χ1) is 12.6. The average molecular weight is 353 g/mol. The van der Waals surface area contributed by atoms with Crippen molar-refractivity contribution in [1.82, 2.24) is 20.5 Å². The number of rotatable bonds is 7. The summed E-state index contributed by atoms with van der Waals surface area (Å²) in [6, 6.07) is 13.5. The van der Waals surface area contributed by atoms with Gasteiger partial charge in [-0.25, -0.2) is 4.99 Å². The van der Waals surface area contributed by atoms with Crippen LogP contribution in [0.5, 0.6) is 0 Å². The number of pyridine rings is 1. The van der Waals surface area contributed by atoms with E-state index in [0.29, 0.717) is 12.1 Å². The molecule has 1 aromatic heterocycles. The number of carbonyl (C=O) groups excluding carboxylic acids is 1. The van der Waals surface area contributed by atoms with Crippen molar-refractivity contribution in [2.24, 2.45) is 4.99 Å². The molecular formula is C20H27N5O. The maximum Gasteiger partial charge on any atom is 0.253 e. The van der Waals surface area contributed by atoms with Crippen LogP contribution in [0.1, 0.15) is 28.5 Å². The topological polar surface area (TPSA) is 69.6 Å². The van der Waals surface area contributed by atoms with Crippen molar-refractivity contribution >= 4 is 11.9 Å². The van der Waals surface area contributed by atoms with Gasteiger partial charge >= 0.3 is 0 Å². The minimum Gasteiger partial charge on any atom is -0.357 e. The number of nitrogens with zero attached hydrogens (tertiary/aromatic N) is 3. The van der Waals surface area contributed by atoms with E-state index in [2.05, 4.69) is 20.6 Å². The summed E-state index contributed by atoms with van der Waals surface area (Å²) >= 11 is 0. The highest BCUT2D eigenvalue weighted by Gasteiger charge is 2.07. The van der Waals surface area contributed by atoms with E-state index in [1.807, 2.05) is 49.4 Å². The smallest absolute Gasteiger partial charge is 0.253 e. The van der Waals surface area contributed by atoms with Crippen LogP contribution in [-0.4, -0.2) is 48.9 Å². The van der Waals surface area contributed by atoms with Crippen molar-refractivity contribution in [3.8, 4) is 0 Å². The SMILES string of the molecule is CCNC(=NCc1ccc(C(=O)N(C)C)cc1)NCCc1ccccn1. The Labute approximate surface area is 155 Å². The van der Waals surface area contributed by atoms with E-state index in [1.165, 1.54) is 0 Å². The Hall–Kier alpha value is -2.89. The van der Waals surface area contributed by atoms with Crippen LogP contribution in [0.2, 0.25) is 0 Å². The van der Waals surface area contributed by atoms with Crippen LogP contribution < -0.4 is 10.6 Å². The van der Waals surface area contributed by atoms with E-state index in [-0.39, 0.29) is 5.91 Å². The summed E-state index contributed by atoms with van der Waals surface area (Å²) in [5, 5.41) is 6.56. The molecule has 6 nitrogen and oxygen atoms in total. The lowest BCUT2D eigenvalue weighted by Crippen LogP contribution is -2.38. The molecule has 0 bridgehead atoms. The third-order valence-corrected chi connectivity index (χ3v) is 3.77. The molecule has 0 saturated carbocycles. The number of nitrogens with one attached hydrogen (secondary N) is 2. The lowest BCUT2D eigenvalue weighted by atomic mass is 10.1. The summed E-state index contributed by atoms with van der Waals surface area (Å²) in [6.07, 6.45) is 2.64. The molecule has 0 saturated heterocycles. The van der Waals surface area contributed by atoms with Gasteiger partial charge in [-0.1, -0.05) is 18.2 Å². The fourth-order valence-corrected chi connectivity index (χ4v) is 2.38. The summed E-state index contributed by atoms with van der Waals surface area (Å²) in [7, 11) is 3.50. The van der Waals surface area contributed by atoms with Crippen molar-refractivity contribution in [3.63, 3.8) is 0 Å². The fraction of sp³-hybridized carbons (Fsp3) is 0.350. The molecule has 6 heteroatoms. The molecule has 0 fully saturated rings. The standard InChI is InChI=1S/C20H27N5O/c1-4-21-20(23-14-12-18-7-5-6-13-22-18)24-15-16-8-10-17(11-9-16)19(26)25(2)3/h5-11,13H,4,12,14-15H2,1-3H3,(H2,21,23,24). The normalized spacial score (nSPS) is 11.1. The van der Waals surface area contributed by atoms with E-state index in [1.54, 1.807) is 25.2 Å². The Morgan fingerprint density at radius 2 is 1.88 bits per heavy atom. The minimum atomic E-state index is 0.00424. The van der Waals surface area contributed by atoms with E-state index in [0.717, 1.165) is 36.7 Å². The molecule has 1 aromatic carbocycles. The quantitative estimate of drug-likeness (QED) is 0.591. The summed E-state index contributed by atoms with van der Waals surface area (Å²) in [5.74, 6) is 0.779. The van der Waals surface area contributed by atoms with Crippen LogP contribution in [0.15, 0.2) is 53.7 Å². The van der Waals surface area contributed by atoms with Crippen LogP contribution in [0.4, 0.5) is 0 Å². The largest absolute Gasteiger partial charge is 0.357 e. The van der Waals surface area contributed by atoms with Crippen molar-refractivity contribution in [1.29, 1.82) is 0 Å². The Kier molecular flexibility index (Phi) is 7.61. The van der Waals surface area contributed by atoms with E-state index in [4.69, 9.17) is 0 Å². The predicted molar refractivity (Wildman–Crippen MR) is 105 cm³/mol. The van der Waals surface area contributed by atoms with Gasteiger partial charge in [0.2, 0.25) is 0 Å². The summed E-state index contributed by atoms with van der Waals surface area (Å²) in [6.45, 7) is 4.15. The minimum absolute atomic E-state index is 0.00424. The molecular weight excluding hydrogens is 326 g/mol. The van der Waals surface area contributed by atoms with Gasteiger partial charge in [-0.05, 0) is 36.8 Å². The highest BCUT2D eigenvalue weighted by molar-refractivity contribution is 5.93. The lowest BCUT2D eigenvalue weighted by molar-refractivity contribution is 0.0827. The maximum absolute atomic E-state index is 11.9. The highest BCUT2D eigenvalue weighted by atomic mass is 16.2. The van der Waals surface area contributed by atoms with Crippen molar-refractivity contribution < 1.29 is 4.79 Å². The van der Waals surface area contributed by atoms with Gasteiger partial charge < -0.3 is 15.5 Å². The molecule has 0 radical (unpaired) electrons. The highest BCUT2D eigenvalue weighted by Crippen LogP contribution is 2.07. The number of hydrogen-bond acceptors (Lipinski definition) is 3. The monoisotopic (exact) mass is 353 g/mol. The molecule has 2 N–H and O–H groups in total. The number of hydrogen-bond donors (Lipinski definition) is 2. The summed E-state index contributed by atoms with van der Waals surface area (Å²) < 4.78 is 0. The van der Waals surface area contributed by atoms with E-state index in [9.17, 15) is 4.79 Å². The van der Waals surface area contributed by atoms with E-state index < -0.39 is 0 Å². The first kappa shape index (κ1) is 19.4. The predicted octanol–water partition coefficient (Wildman–Crippen LogP) is 2.08. The van der Waals surface area contributed by atoms with Crippen LogP contribution in [-0.2, 0) is 13.0 Å². The van der Waals surface area contributed by atoms with Gasteiger partial charge in [-0.15, -0.1) is 0 Å². The van der Waals surface area contributed by atoms with E-state index >= 15 is 0 Å². The Morgan fingerprint density at radius 1 is 1.12 bits per heavy atom. The zero-order valence-corrected chi connectivity index (χ0v) is 15.7. The molecule has 0 spiro atoms. The zero-order valence-electron chi connectivity index (χ0n) is 15.7. The van der Waals surface area contributed by atoms with Gasteiger partial charge in [0.15, 0.2) is 5.96 Å². The molecule has 26 heavy (non-hydrogen) atoms. The number of guanidine groups is 1. The number of aliphatic imine (C=N–C) groups is 1. The molecule has 0 aliphatic heterocycles. The Morgan fingerprint density at radius 3 is 2.50 bits per heavy atom. The van der Waals surface area contributed by atoms with Crippen LogP contribution in [0.3, 0.4) is 0 Å². The second-order valence-corrected chi connectivity index (χ2v) is 6.09. The van der Waals surface area contributed by atoms with Gasteiger partial charge in [-0.3, -0.25) is 9.78 Å². The first-order valence-corrected chi connectivity index (χ1v) is 8.83. The first-order valence-electron chi connectivity index (χ1n) is 8.83. The molecule has 2 aromatic rings. The molecule has 0 aliphatic rings. The van der Waals surface area contributed by atoms with Gasteiger partial charge in [0, 0.05) is 51.1 Å². The number of carbonyl (C=O) groups is 1. The molecule has 0 aliphatic carbocycles. The lowest BCUT2D eigenvalue weighted by Gasteiger charge is -2.12. The third-order valence-electron chi connectivity index (χ3n) is 3.77. The van der Waals surface area contributed by atoms with Crippen molar-refractivity contribution in [2.75, 3.05) is 27.2 Å². The van der Waals surface area contributed by atoms with Gasteiger partial charge in [0.25, 0.3) is 5.91 Å². The Balaban J connectivity index is 1.90. The summed E-state index contributed by atoms with van der Waals surface area (Å²) in [5.41, 5.74) is 2.79. The van der Waals surface area contributed by atoms with Gasteiger partial charge in [-0.2, -0.15) is 0 Å². The van der Waals surface area contributed by atoms with Crippen LogP contribution >= 0.6 is 0 Å². The zero-order chi connectivity index (χ0) is 18.8. The second kappa shape index (κ2) is 10.2. The second-order valence-electron chi connectivity index (χ2n) is 6.09. The number of benzene rings is 1. The van der Waals surface area contributed by atoms with Gasteiger partial charge in [0.1, 0.15) is 0 Å². The van der Waals surface area contributed by atoms with Gasteiger partial charge in [0.05, 0.1) is 6.54 Å². The average Bonchev–Trinajstić information content (AvgIpc) is 2.66. The molecule has 2 rings (SSSR count). The maximum atomic E-state index is 11.9. The summed E-state index contributed by atoms with van der Waals surface area (Å²) in [4.78, 5) is 22.4. The number of amides is 1. The number of aromatic nitrogens is 1. The molecule has 0 atom stereocenters. The fourth-order valence-electron chi connectivity index (χ4n) is 2.38. The van der Waals surface area contributed by atoms with Crippen molar-refractivity contribution in [2.45, 2.75) is 19.9 Å². The molecule has 1 amide bonds. The third kappa shape index (κ3) is 6.20. The van der Waals surface area contributed by atoms with Crippen LogP contribution in [0.25, 0.3) is 0 Å². The molecule has 138 valence electrons.